The zero-order valence-corrected chi connectivity index (χ0v) is 16.8. The van der Waals surface area contributed by atoms with E-state index in [1.54, 1.807) is 7.05 Å². The minimum absolute atomic E-state index is 0. The van der Waals surface area contributed by atoms with Gasteiger partial charge in [0.05, 0.1) is 0 Å². The quantitative estimate of drug-likeness (QED) is 0.391. The van der Waals surface area contributed by atoms with E-state index >= 15 is 0 Å². The standard InChI is InChI=1S/C17H25N5O.HI/c1-4-11-19-17(18-3)20-12-10-13-6-8-14(9-7-13)16-21-15(5-2)22-23-16;/h6-9H,4-5,10-12H2,1-3H3,(H2,18,19,20);1H. The molecule has 7 heteroatoms. The zero-order chi connectivity index (χ0) is 16.5. The number of rotatable bonds is 7. The lowest BCUT2D eigenvalue weighted by Crippen LogP contribution is -2.38. The summed E-state index contributed by atoms with van der Waals surface area (Å²) >= 11 is 0. The number of aromatic nitrogens is 2. The van der Waals surface area contributed by atoms with Crippen LogP contribution in [0, 0.1) is 0 Å². The van der Waals surface area contributed by atoms with E-state index in [0.29, 0.717) is 5.89 Å². The van der Waals surface area contributed by atoms with E-state index < -0.39 is 0 Å². The van der Waals surface area contributed by atoms with E-state index in [2.05, 4.69) is 44.8 Å². The number of aliphatic imine (C=N–C) groups is 1. The molecule has 0 atom stereocenters. The van der Waals surface area contributed by atoms with Crippen molar-refractivity contribution in [3.05, 3.63) is 35.7 Å². The van der Waals surface area contributed by atoms with Crippen LogP contribution in [-0.2, 0) is 12.8 Å². The van der Waals surface area contributed by atoms with Gasteiger partial charge in [0, 0.05) is 32.1 Å². The van der Waals surface area contributed by atoms with E-state index in [1.165, 1.54) is 5.56 Å². The molecule has 0 saturated carbocycles. The molecule has 0 amide bonds. The van der Waals surface area contributed by atoms with Gasteiger partial charge in [0.2, 0.25) is 0 Å². The van der Waals surface area contributed by atoms with Crippen molar-refractivity contribution < 1.29 is 4.52 Å². The van der Waals surface area contributed by atoms with Gasteiger partial charge in [-0.2, -0.15) is 4.98 Å². The molecule has 6 nitrogen and oxygen atoms in total. The predicted octanol–water partition coefficient (Wildman–Crippen LogP) is 3.03. The number of nitrogens with zero attached hydrogens (tertiary/aromatic N) is 3. The number of hydrogen-bond donors (Lipinski definition) is 2. The van der Waals surface area contributed by atoms with Crippen molar-refractivity contribution in [2.45, 2.75) is 33.1 Å². The second-order valence-electron chi connectivity index (χ2n) is 5.24. The van der Waals surface area contributed by atoms with E-state index in [9.17, 15) is 0 Å². The topological polar surface area (TPSA) is 75.3 Å². The predicted molar refractivity (Wildman–Crippen MR) is 108 cm³/mol. The molecule has 1 heterocycles. The van der Waals surface area contributed by atoms with Crippen molar-refractivity contribution in [2.75, 3.05) is 20.1 Å². The van der Waals surface area contributed by atoms with Gasteiger partial charge in [0.1, 0.15) is 0 Å². The highest BCUT2D eigenvalue weighted by atomic mass is 127. The maximum atomic E-state index is 5.25. The van der Waals surface area contributed by atoms with Gasteiger partial charge < -0.3 is 15.2 Å². The first kappa shape index (κ1) is 20.4. The monoisotopic (exact) mass is 443 g/mol. The van der Waals surface area contributed by atoms with Crippen LogP contribution < -0.4 is 10.6 Å². The third-order valence-electron chi connectivity index (χ3n) is 3.46. The lowest BCUT2D eigenvalue weighted by Gasteiger charge is -2.11. The smallest absolute Gasteiger partial charge is 0.257 e. The Labute approximate surface area is 160 Å². The van der Waals surface area contributed by atoms with Crippen LogP contribution in [0.15, 0.2) is 33.8 Å². The summed E-state index contributed by atoms with van der Waals surface area (Å²) in [6.07, 6.45) is 2.79. The van der Waals surface area contributed by atoms with Gasteiger partial charge in [0.25, 0.3) is 5.89 Å². The first-order valence-electron chi connectivity index (χ1n) is 8.13. The molecule has 0 spiro atoms. The summed E-state index contributed by atoms with van der Waals surface area (Å²) in [6.45, 7) is 5.91. The summed E-state index contributed by atoms with van der Waals surface area (Å²) in [4.78, 5) is 8.53. The Hall–Kier alpha value is -1.64. The van der Waals surface area contributed by atoms with Crippen LogP contribution in [0.5, 0.6) is 0 Å². The molecule has 0 unspecified atom stereocenters. The number of guanidine groups is 1. The molecule has 0 fully saturated rings. The molecule has 0 aliphatic carbocycles. The highest BCUT2D eigenvalue weighted by Gasteiger charge is 2.07. The molecule has 2 N–H and O–H groups in total. The van der Waals surface area contributed by atoms with Crippen molar-refractivity contribution in [3.63, 3.8) is 0 Å². The third-order valence-corrected chi connectivity index (χ3v) is 3.46. The molecule has 0 saturated heterocycles. The summed E-state index contributed by atoms with van der Waals surface area (Å²) in [5, 5.41) is 10.5. The van der Waals surface area contributed by atoms with Crippen LogP contribution in [0.1, 0.15) is 31.7 Å². The van der Waals surface area contributed by atoms with Crippen LogP contribution in [-0.4, -0.2) is 36.2 Å². The molecule has 0 bridgehead atoms. The molecular weight excluding hydrogens is 417 g/mol. The second kappa shape index (κ2) is 11.0. The summed E-state index contributed by atoms with van der Waals surface area (Å²) < 4.78 is 5.25. The maximum Gasteiger partial charge on any atom is 0.257 e. The summed E-state index contributed by atoms with van der Waals surface area (Å²) in [5.41, 5.74) is 2.21. The van der Waals surface area contributed by atoms with Crippen molar-refractivity contribution in [1.82, 2.24) is 20.8 Å². The number of halogens is 1. The van der Waals surface area contributed by atoms with Gasteiger partial charge in [-0.15, -0.1) is 24.0 Å². The molecule has 0 aliphatic rings. The molecule has 0 radical (unpaired) electrons. The van der Waals surface area contributed by atoms with Crippen molar-refractivity contribution >= 4 is 29.9 Å². The maximum absolute atomic E-state index is 5.25. The van der Waals surface area contributed by atoms with E-state index in [0.717, 1.165) is 49.7 Å². The Morgan fingerprint density at radius 1 is 1.12 bits per heavy atom. The third kappa shape index (κ3) is 6.10. The van der Waals surface area contributed by atoms with Gasteiger partial charge in [-0.3, -0.25) is 4.99 Å². The van der Waals surface area contributed by atoms with Gasteiger partial charge in [-0.05, 0) is 30.5 Å². The number of benzene rings is 1. The van der Waals surface area contributed by atoms with E-state index in [1.807, 2.05) is 19.1 Å². The molecule has 2 rings (SSSR count). The molecule has 1 aromatic carbocycles. The van der Waals surface area contributed by atoms with Crippen LogP contribution in [0.3, 0.4) is 0 Å². The molecule has 24 heavy (non-hydrogen) atoms. The van der Waals surface area contributed by atoms with Gasteiger partial charge in [0.15, 0.2) is 11.8 Å². The van der Waals surface area contributed by atoms with Crippen molar-refractivity contribution in [1.29, 1.82) is 0 Å². The Balaban J connectivity index is 0.00000288. The Kier molecular flexibility index (Phi) is 9.36. The number of nitrogens with one attached hydrogen (secondary N) is 2. The fraction of sp³-hybridized carbons (Fsp3) is 0.471. The fourth-order valence-electron chi connectivity index (χ4n) is 2.12. The second-order valence-corrected chi connectivity index (χ2v) is 5.24. The van der Waals surface area contributed by atoms with Gasteiger partial charge in [-0.25, -0.2) is 0 Å². The van der Waals surface area contributed by atoms with Crippen LogP contribution >= 0.6 is 24.0 Å². The van der Waals surface area contributed by atoms with Crippen molar-refractivity contribution in [2.24, 2.45) is 4.99 Å². The molecular formula is C17H26IN5O. The average Bonchev–Trinajstić information content (AvgIpc) is 3.07. The average molecular weight is 443 g/mol. The molecule has 132 valence electrons. The van der Waals surface area contributed by atoms with Gasteiger partial charge in [-0.1, -0.05) is 31.1 Å². The minimum atomic E-state index is 0. The zero-order valence-electron chi connectivity index (χ0n) is 14.5. The SMILES string of the molecule is CCCNC(=NC)NCCc1ccc(-c2nc(CC)no2)cc1.I. The van der Waals surface area contributed by atoms with Crippen LogP contribution in [0.4, 0.5) is 0 Å². The van der Waals surface area contributed by atoms with Crippen LogP contribution in [0.25, 0.3) is 11.5 Å². The van der Waals surface area contributed by atoms with Crippen LogP contribution in [0.2, 0.25) is 0 Å². The summed E-state index contributed by atoms with van der Waals surface area (Å²) in [6, 6.07) is 8.23. The first-order valence-corrected chi connectivity index (χ1v) is 8.13. The van der Waals surface area contributed by atoms with E-state index in [-0.39, 0.29) is 24.0 Å². The fourth-order valence-corrected chi connectivity index (χ4v) is 2.12. The highest BCUT2D eigenvalue weighted by Crippen LogP contribution is 2.18. The van der Waals surface area contributed by atoms with Gasteiger partial charge >= 0.3 is 0 Å². The molecule has 0 aliphatic heterocycles. The number of aryl methyl sites for hydroxylation is 1. The lowest BCUT2D eigenvalue weighted by atomic mass is 10.1. The lowest BCUT2D eigenvalue weighted by molar-refractivity contribution is 0.423. The summed E-state index contributed by atoms with van der Waals surface area (Å²) in [7, 11) is 1.79. The van der Waals surface area contributed by atoms with Crippen molar-refractivity contribution in [3.8, 4) is 11.5 Å². The molecule has 2 aromatic rings. The Morgan fingerprint density at radius 3 is 2.42 bits per heavy atom. The highest BCUT2D eigenvalue weighted by molar-refractivity contribution is 14.0. The number of hydrogen-bond acceptors (Lipinski definition) is 4. The minimum Gasteiger partial charge on any atom is -0.356 e. The Bertz CT molecular complexity index is 624. The molecule has 1 aromatic heterocycles. The first-order chi connectivity index (χ1) is 11.3. The largest absolute Gasteiger partial charge is 0.356 e. The summed E-state index contributed by atoms with van der Waals surface area (Å²) in [5.74, 6) is 2.16. The van der Waals surface area contributed by atoms with E-state index in [4.69, 9.17) is 4.52 Å². The normalized spacial score (nSPS) is 11.0. The Morgan fingerprint density at radius 2 is 1.83 bits per heavy atom.